The van der Waals surface area contributed by atoms with E-state index in [-0.39, 0.29) is 15.6 Å². The van der Waals surface area contributed by atoms with Crippen molar-refractivity contribution in [1.29, 1.82) is 0 Å². The molecule has 1 aromatic heterocycles. The van der Waals surface area contributed by atoms with Crippen LogP contribution >= 0.6 is 0 Å². The molecule has 2 N–H and O–H groups in total. The average Bonchev–Trinajstić information content (AvgIpc) is 3.08. The van der Waals surface area contributed by atoms with Crippen LogP contribution in [0.3, 0.4) is 0 Å². The van der Waals surface area contributed by atoms with Crippen LogP contribution in [0.1, 0.15) is 5.56 Å². The molecule has 0 saturated carbocycles. The summed E-state index contributed by atoms with van der Waals surface area (Å²) in [7, 11) is -1.09. The lowest BCUT2D eigenvalue weighted by molar-refractivity contribution is 0.0415. The van der Waals surface area contributed by atoms with Gasteiger partial charge in [0.2, 0.25) is 21.6 Å². The molecule has 0 aliphatic carbocycles. The van der Waals surface area contributed by atoms with E-state index < -0.39 is 34.4 Å². The monoisotopic (exact) mass is 397 g/mol. The fourth-order valence-corrected chi connectivity index (χ4v) is 3.93. The van der Waals surface area contributed by atoms with Gasteiger partial charge in [0.1, 0.15) is 6.61 Å². The summed E-state index contributed by atoms with van der Waals surface area (Å²) in [4.78, 5) is 16.1. The predicted molar refractivity (Wildman–Crippen MR) is 90.4 cm³/mol. The highest BCUT2D eigenvalue weighted by Gasteiger charge is 2.32. The van der Waals surface area contributed by atoms with Crippen molar-refractivity contribution >= 4 is 22.1 Å². The molecule has 27 heavy (non-hydrogen) atoms. The number of benzene rings is 1. The van der Waals surface area contributed by atoms with Crippen molar-refractivity contribution in [3.63, 3.8) is 0 Å². The Morgan fingerprint density at radius 2 is 1.67 bits per heavy atom. The Morgan fingerprint density at radius 3 is 2.26 bits per heavy atom. The van der Waals surface area contributed by atoms with Crippen LogP contribution in [0.15, 0.2) is 34.1 Å². The van der Waals surface area contributed by atoms with Gasteiger partial charge in [-0.3, -0.25) is 4.84 Å². The quantitative estimate of drug-likeness (QED) is 0.716. The fourth-order valence-electron chi connectivity index (χ4n) is 2.46. The molecule has 0 saturated heterocycles. The summed E-state index contributed by atoms with van der Waals surface area (Å²) < 4.78 is 40.7. The Labute approximate surface area is 153 Å². The first-order valence-corrected chi connectivity index (χ1v) is 8.92. The van der Waals surface area contributed by atoms with Gasteiger partial charge in [0.15, 0.2) is 11.5 Å². The van der Waals surface area contributed by atoms with Gasteiger partial charge in [-0.15, -0.1) is 4.73 Å². The maximum atomic E-state index is 12.6. The maximum absolute atomic E-state index is 12.6. The second kappa shape index (κ2) is 6.76. The van der Waals surface area contributed by atoms with E-state index in [9.17, 15) is 23.4 Å². The van der Waals surface area contributed by atoms with Gasteiger partial charge in [0.05, 0.1) is 24.0 Å². The third kappa shape index (κ3) is 3.24. The minimum Gasteiger partial charge on any atom is -0.493 e. The zero-order chi connectivity index (χ0) is 19.8. The van der Waals surface area contributed by atoms with E-state index in [1.165, 1.54) is 32.4 Å². The van der Waals surface area contributed by atoms with Crippen LogP contribution < -0.4 is 14.3 Å². The molecule has 1 aliphatic rings. The molecule has 3 rings (SSSR count). The van der Waals surface area contributed by atoms with Crippen LogP contribution in [0.5, 0.6) is 23.3 Å². The molecule has 0 atom stereocenters. The molecule has 0 amide bonds. The molecule has 144 valence electrons. The minimum atomic E-state index is -3.89. The summed E-state index contributed by atoms with van der Waals surface area (Å²) in [5.41, 5.74) is 0.361. The molecular formula is C16H15NO9S. The SMILES string of the molecule is COc1cc2c(cc1OC)S(=O)(=O)C(COC(=O)On1c(O)ccc1O)=C2. The molecule has 10 nitrogen and oxygen atoms in total. The third-order valence-electron chi connectivity index (χ3n) is 3.76. The lowest BCUT2D eigenvalue weighted by Crippen LogP contribution is -2.21. The molecule has 0 spiro atoms. The highest BCUT2D eigenvalue weighted by atomic mass is 32.2. The number of aromatic hydroxyl groups is 2. The summed E-state index contributed by atoms with van der Waals surface area (Å²) >= 11 is 0. The summed E-state index contributed by atoms with van der Waals surface area (Å²) in [6.07, 6.45) is 0.0175. The van der Waals surface area contributed by atoms with Gasteiger partial charge in [-0.25, -0.2) is 13.2 Å². The zero-order valence-electron chi connectivity index (χ0n) is 14.2. The fraction of sp³-hybridized carbons (Fsp3) is 0.188. The van der Waals surface area contributed by atoms with Crippen LogP contribution in [-0.4, -0.2) is 50.3 Å². The molecule has 0 radical (unpaired) electrons. The van der Waals surface area contributed by atoms with E-state index in [4.69, 9.17) is 14.2 Å². The minimum absolute atomic E-state index is 0.00665. The van der Waals surface area contributed by atoms with Gasteiger partial charge >= 0.3 is 6.16 Å². The lowest BCUT2D eigenvalue weighted by atomic mass is 10.2. The molecule has 1 aliphatic heterocycles. The standard InChI is InChI=1S/C16H15NO9S/c1-23-11-6-9-5-10(27(21,22)13(9)7-12(11)24-2)8-25-16(20)26-17-14(18)3-4-15(17)19/h3-7,18-19H,8H2,1-2H3. The summed E-state index contributed by atoms with van der Waals surface area (Å²) in [6, 6.07) is 4.99. The number of carbonyl (C=O) groups excluding carboxylic acids is 1. The number of sulfone groups is 1. The number of rotatable bonds is 5. The van der Waals surface area contributed by atoms with Crippen LogP contribution in [0, 0.1) is 0 Å². The topological polar surface area (TPSA) is 134 Å². The van der Waals surface area contributed by atoms with Crippen molar-refractivity contribution in [3.05, 3.63) is 34.7 Å². The number of hydrogen-bond donors (Lipinski definition) is 2. The highest BCUT2D eigenvalue weighted by Crippen LogP contribution is 2.40. The number of methoxy groups -OCH3 is 2. The maximum Gasteiger partial charge on any atom is 0.534 e. The van der Waals surface area contributed by atoms with E-state index in [0.717, 1.165) is 12.1 Å². The van der Waals surface area contributed by atoms with Crippen molar-refractivity contribution in [2.24, 2.45) is 0 Å². The van der Waals surface area contributed by atoms with Crippen molar-refractivity contribution in [2.45, 2.75) is 4.90 Å². The number of fused-ring (bicyclic) bond motifs is 1. The van der Waals surface area contributed by atoms with Crippen LogP contribution in [-0.2, 0) is 14.6 Å². The smallest absolute Gasteiger partial charge is 0.493 e. The van der Waals surface area contributed by atoms with E-state index in [0.29, 0.717) is 16.0 Å². The Balaban J connectivity index is 1.77. The predicted octanol–water partition coefficient (Wildman–Crippen LogP) is 1.31. The van der Waals surface area contributed by atoms with Crippen molar-refractivity contribution in [3.8, 4) is 23.3 Å². The summed E-state index contributed by atoms with van der Waals surface area (Å²) in [5, 5.41) is 18.8. The average molecular weight is 397 g/mol. The molecule has 0 bridgehead atoms. The van der Waals surface area contributed by atoms with Crippen molar-refractivity contribution in [1.82, 2.24) is 4.73 Å². The van der Waals surface area contributed by atoms with Crippen molar-refractivity contribution in [2.75, 3.05) is 20.8 Å². The Morgan fingerprint density at radius 1 is 1.07 bits per heavy atom. The Hall–Kier alpha value is -3.34. The van der Waals surface area contributed by atoms with Gasteiger partial charge in [0, 0.05) is 18.2 Å². The number of nitrogens with zero attached hydrogens (tertiary/aromatic N) is 1. The first-order valence-electron chi connectivity index (χ1n) is 7.44. The van der Waals surface area contributed by atoms with Gasteiger partial charge in [-0.2, -0.15) is 0 Å². The van der Waals surface area contributed by atoms with E-state index in [2.05, 4.69) is 4.84 Å². The second-order valence-electron chi connectivity index (χ2n) is 5.33. The van der Waals surface area contributed by atoms with Crippen molar-refractivity contribution < 1.29 is 42.5 Å². The van der Waals surface area contributed by atoms with Gasteiger partial charge < -0.3 is 24.4 Å². The van der Waals surface area contributed by atoms with Crippen LogP contribution in [0.4, 0.5) is 4.79 Å². The van der Waals surface area contributed by atoms with Gasteiger partial charge in [0.25, 0.3) is 0 Å². The molecule has 0 unspecified atom stereocenters. The zero-order valence-corrected chi connectivity index (χ0v) is 15.0. The summed E-state index contributed by atoms with van der Waals surface area (Å²) in [6.45, 7) is -0.608. The van der Waals surface area contributed by atoms with Crippen LogP contribution in [0.2, 0.25) is 0 Å². The molecule has 1 aromatic carbocycles. The van der Waals surface area contributed by atoms with Crippen LogP contribution in [0.25, 0.3) is 6.08 Å². The third-order valence-corrected chi connectivity index (χ3v) is 5.62. The van der Waals surface area contributed by atoms with Gasteiger partial charge in [-0.05, 0) is 17.7 Å². The molecular weight excluding hydrogens is 382 g/mol. The largest absolute Gasteiger partial charge is 0.534 e. The first-order chi connectivity index (χ1) is 12.8. The lowest BCUT2D eigenvalue weighted by Gasteiger charge is -2.10. The number of carbonyl (C=O) groups is 1. The van der Waals surface area contributed by atoms with Gasteiger partial charge in [-0.1, -0.05) is 0 Å². The highest BCUT2D eigenvalue weighted by molar-refractivity contribution is 7.95. The molecule has 2 heterocycles. The number of hydrogen-bond acceptors (Lipinski definition) is 9. The number of ether oxygens (including phenoxy) is 3. The number of aromatic nitrogens is 1. The normalized spacial score (nSPS) is 14.2. The Kier molecular flexibility index (Phi) is 4.62. The van der Waals surface area contributed by atoms with E-state index in [1.54, 1.807) is 0 Å². The summed E-state index contributed by atoms with van der Waals surface area (Å²) in [5.74, 6) is -0.483. The molecule has 11 heteroatoms. The molecule has 2 aromatic rings. The molecule has 0 fully saturated rings. The Bertz CT molecular complexity index is 1020. The van der Waals surface area contributed by atoms with E-state index >= 15 is 0 Å². The van der Waals surface area contributed by atoms with E-state index in [1.807, 2.05) is 0 Å². The second-order valence-corrected chi connectivity index (χ2v) is 7.30. The first kappa shape index (κ1) is 18.5.